The summed E-state index contributed by atoms with van der Waals surface area (Å²) < 4.78 is 4.00. The Morgan fingerprint density at radius 3 is 2.52 bits per heavy atom. The van der Waals surface area contributed by atoms with Crippen LogP contribution < -0.4 is 5.32 Å². The van der Waals surface area contributed by atoms with Gasteiger partial charge in [0.25, 0.3) is 12.9 Å². The van der Waals surface area contributed by atoms with Crippen molar-refractivity contribution in [3.63, 3.8) is 0 Å². The highest BCUT2D eigenvalue weighted by molar-refractivity contribution is 5.76. The number of amides is 1. The molecule has 3 heterocycles. The van der Waals surface area contributed by atoms with E-state index in [4.69, 9.17) is 19.8 Å². The summed E-state index contributed by atoms with van der Waals surface area (Å²) in [4.78, 5) is 37.5. The standard InChI is InChI=1S/C17H21N5O.2CH2O2/c1-13(22-10-8-18-14(22)2)11-17(23)19-7-6-15-12-21-9-4-3-5-16(21)20-15;2*2-1-3/h3-5,8-10,12-13H,6-7,11H2,1-2H3,(H,19,23);2*1H,(H,2,3). The van der Waals surface area contributed by atoms with Crippen molar-refractivity contribution in [3.8, 4) is 0 Å². The lowest BCUT2D eigenvalue weighted by Gasteiger charge is -2.14. The fourth-order valence-electron chi connectivity index (χ4n) is 2.73. The van der Waals surface area contributed by atoms with Gasteiger partial charge < -0.3 is 24.5 Å². The maximum absolute atomic E-state index is 12.1. The van der Waals surface area contributed by atoms with E-state index in [0.717, 1.165) is 23.6 Å². The molecule has 1 amide bonds. The van der Waals surface area contributed by atoms with Crippen LogP contribution in [0.15, 0.2) is 43.0 Å². The molecular formula is C19H25N5O5. The molecule has 0 spiro atoms. The van der Waals surface area contributed by atoms with Gasteiger partial charge in [0, 0.05) is 50.2 Å². The topological polar surface area (TPSA) is 139 Å². The van der Waals surface area contributed by atoms with Gasteiger partial charge in [0.1, 0.15) is 11.5 Å². The van der Waals surface area contributed by atoms with Crippen LogP contribution in [-0.4, -0.2) is 54.5 Å². The Morgan fingerprint density at radius 1 is 1.24 bits per heavy atom. The second-order valence-corrected chi connectivity index (χ2v) is 5.94. The van der Waals surface area contributed by atoms with Crippen LogP contribution in [-0.2, 0) is 20.8 Å². The Hall–Kier alpha value is -3.69. The number of aryl methyl sites for hydroxylation is 1. The number of pyridine rings is 1. The number of carbonyl (C=O) groups is 3. The molecule has 3 aromatic rings. The van der Waals surface area contributed by atoms with Crippen molar-refractivity contribution in [2.45, 2.75) is 32.7 Å². The van der Waals surface area contributed by atoms with Gasteiger partial charge in [0.15, 0.2) is 0 Å². The van der Waals surface area contributed by atoms with Crippen molar-refractivity contribution in [2.24, 2.45) is 0 Å². The minimum absolute atomic E-state index is 0.0503. The van der Waals surface area contributed by atoms with Crippen molar-refractivity contribution in [1.82, 2.24) is 24.3 Å². The first-order valence-electron chi connectivity index (χ1n) is 8.81. The first kappa shape index (κ1) is 23.3. The number of rotatable bonds is 6. The lowest BCUT2D eigenvalue weighted by atomic mass is 10.2. The first-order valence-corrected chi connectivity index (χ1v) is 8.81. The van der Waals surface area contributed by atoms with Gasteiger partial charge in [0.2, 0.25) is 5.91 Å². The van der Waals surface area contributed by atoms with E-state index in [1.54, 1.807) is 6.20 Å². The molecule has 29 heavy (non-hydrogen) atoms. The maximum Gasteiger partial charge on any atom is 0.290 e. The molecule has 0 fully saturated rings. The summed E-state index contributed by atoms with van der Waals surface area (Å²) in [5.74, 6) is 0.976. The van der Waals surface area contributed by atoms with E-state index in [1.807, 2.05) is 59.6 Å². The van der Waals surface area contributed by atoms with Crippen LogP contribution in [0.2, 0.25) is 0 Å². The zero-order valence-corrected chi connectivity index (χ0v) is 16.3. The third-order valence-corrected chi connectivity index (χ3v) is 3.94. The maximum atomic E-state index is 12.1. The summed E-state index contributed by atoms with van der Waals surface area (Å²) in [7, 11) is 0. The number of nitrogens with one attached hydrogen (secondary N) is 1. The fraction of sp³-hybridized carbons (Fsp3) is 0.316. The third-order valence-electron chi connectivity index (χ3n) is 3.94. The average Bonchev–Trinajstić information content (AvgIpc) is 3.28. The van der Waals surface area contributed by atoms with Gasteiger partial charge in [-0.25, -0.2) is 9.97 Å². The van der Waals surface area contributed by atoms with Crippen LogP contribution in [0.25, 0.3) is 5.65 Å². The molecule has 156 valence electrons. The number of imidazole rings is 2. The molecule has 10 heteroatoms. The molecule has 0 saturated carbocycles. The lowest BCUT2D eigenvalue weighted by Crippen LogP contribution is -2.28. The van der Waals surface area contributed by atoms with Gasteiger partial charge in [0.05, 0.1) is 5.69 Å². The van der Waals surface area contributed by atoms with Gasteiger partial charge in [-0.3, -0.25) is 14.4 Å². The van der Waals surface area contributed by atoms with Gasteiger partial charge in [-0.2, -0.15) is 0 Å². The molecular weight excluding hydrogens is 378 g/mol. The van der Waals surface area contributed by atoms with E-state index in [2.05, 4.69) is 15.3 Å². The summed E-state index contributed by atoms with van der Waals surface area (Å²) in [6.07, 6.45) is 8.81. The minimum Gasteiger partial charge on any atom is -0.483 e. The molecule has 0 bridgehead atoms. The van der Waals surface area contributed by atoms with Crippen molar-refractivity contribution < 1.29 is 24.6 Å². The highest BCUT2D eigenvalue weighted by Gasteiger charge is 2.12. The zero-order valence-electron chi connectivity index (χ0n) is 16.3. The molecule has 0 aliphatic carbocycles. The van der Waals surface area contributed by atoms with Crippen LogP contribution in [0.5, 0.6) is 0 Å². The molecule has 0 radical (unpaired) electrons. The Balaban J connectivity index is 0.000000626. The van der Waals surface area contributed by atoms with Crippen LogP contribution in [0, 0.1) is 6.92 Å². The number of hydrogen-bond acceptors (Lipinski definition) is 5. The predicted octanol–water partition coefficient (Wildman–Crippen LogP) is 1.55. The van der Waals surface area contributed by atoms with Gasteiger partial charge in [-0.1, -0.05) is 6.07 Å². The summed E-state index contributed by atoms with van der Waals surface area (Å²) in [6, 6.07) is 6.01. The van der Waals surface area contributed by atoms with E-state index in [-0.39, 0.29) is 24.9 Å². The lowest BCUT2D eigenvalue weighted by molar-refractivity contribution is -0.123. The predicted molar refractivity (Wildman–Crippen MR) is 106 cm³/mol. The van der Waals surface area contributed by atoms with E-state index >= 15 is 0 Å². The molecule has 1 atom stereocenters. The Kier molecular flexibility index (Phi) is 10.2. The molecule has 3 rings (SSSR count). The molecule has 0 saturated heterocycles. The van der Waals surface area contributed by atoms with E-state index < -0.39 is 0 Å². The van der Waals surface area contributed by atoms with Crippen LogP contribution in [0.4, 0.5) is 0 Å². The van der Waals surface area contributed by atoms with E-state index in [9.17, 15) is 4.79 Å². The van der Waals surface area contributed by atoms with Crippen LogP contribution in [0.3, 0.4) is 0 Å². The fourth-order valence-corrected chi connectivity index (χ4v) is 2.73. The minimum atomic E-state index is -0.250. The molecule has 3 aromatic heterocycles. The second-order valence-electron chi connectivity index (χ2n) is 5.94. The number of nitrogens with zero attached hydrogens (tertiary/aromatic N) is 4. The number of aromatic nitrogens is 4. The third kappa shape index (κ3) is 7.83. The number of carbonyl (C=O) groups excluding carboxylic acids is 1. The highest BCUT2D eigenvalue weighted by atomic mass is 16.3. The van der Waals surface area contributed by atoms with Crippen molar-refractivity contribution in [3.05, 3.63) is 54.5 Å². The van der Waals surface area contributed by atoms with Gasteiger partial charge in [-0.05, 0) is 26.0 Å². The zero-order chi connectivity index (χ0) is 21.6. The summed E-state index contributed by atoms with van der Waals surface area (Å²) >= 11 is 0. The monoisotopic (exact) mass is 403 g/mol. The quantitative estimate of drug-likeness (QED) is 0.531. The number of carboxylic acid groups (broad SMARTS) is 2. The molecule has 0 aliphatic rings. The molecule has 10 nitrogen and oxygen atoms in total. The van der Waals surface area contributed by atoms with Crippen LogP contribution in [0.1, 0.15) is 30.9 Å². The second kappa shape index (κ2) is 12.7. The molecule has 0 aromatic carbocycles. The van der Waals surface area contributed by atoms with Crippen molar-refractivity contribution >= 4 is 24.5 Å². The van der Waals surface area contributed by atoms with E-state index in [0.29, 0.717) is 13.0 Å². The van der Waals surface area contributed by atoms with Crippen molar-refractivity contribution in [1.29, 1.82) is 0 Å². The average molecular weight is 403 g/mol. The number of hydrogen-bond donors (Lipinski definition) is 3. The Labute approximate surface area is 167 Å². The Morgan fingerprint density at radius 2 is 1.93 bits per heavy atom. The smallest absolute Gasteiger partial charge is 0.290 e. The normalized spacial score (nSPS) is 10.7. The SMILES string of the molecule is Cc1nccn1C(C)CC(=O)NCCc1cn2ccccc2n1.O=CO.O=CO. The number of fused-ring (bicyclic) bond motifs is 1. The Bertz CT molecular complexity index is 866. The molecule has 3 N–H and O–H groups in total. The molecule has 0 aliphatic heterocycles. The van der Waals surface area contributed by atoms with Gasteiger partial charge in [-0.15, -0.1) is 0 Å². The van der Waals surface area contributed by atoms with E-state index in [1.165, 1.54) is 0 Å². The highest BCUT2D eigenvalue weighted by Crippen LogP contribution is 2.12. The summed E-state index contributed by atoms with van der Waals surface area (Å²) in [5, 5.41) is 16.7. The summed E-state index contributed by atoms with van der Waals surface area (Å²) in [6.45, 7) is 4.06. The van der Waals surface area contributed by atoms with Crippen molar-refractivity contribution in [2.75, 3.05) is 6.54 Å². The first-order chi connectivity index (χ1) is 14.0. The summed E-state index contributed by atoms with van der Waals surface area (Å²) in [5.41, 5.74) is 1.91. The van der Waals surface area contributed by atoms with Gasteiger partial charge >= 0.3 is 0 Å². The molecule has 1 unspecified atom stereocenters. The van der Waals surface area contributed by atoms with Crippen LogP contribution >= 0.6 is 0 Å². The largest absolute Gasteiger partial charge is 0.483 e.